The zero-order valence-electron chi connectivity index (χ0n) is 10.2. The normalized spacial score (nSPS) is 11.2. The van der Waals surface area contributed by atoms with Crippen molar-refractivity contribution < 1.29 is 0 Å². The highest BCUT2D eigenvalue weighted by molar-refractivity contribution is 5.64. The summed E-state index contributed by atoms with van der Waals surface area (Å²) in [6.07, 6.45) is 6.41. The maximum atomic E-state index is 5.73. The molecule has 0 spiro atoms. The van der Waals surface area contributed by atoms with Gasteiger partial charge in [-0.05, 0) is 27.1 Å². The summed E-state index contributed by atoms with van der Waals surface area (Å²) in [6.45, 7) is 1.90. The topological polar surface area (TPSA) is 71.5 Å². The fourth-order valence-electron chi connectivity index (χ4n) is 1.67. The summed E-state index contributed by atoms with van der Waals surface area (Å²) in [5.74, 6) is 1.24. The van der Waals surface area contributed by atoms with Crippen LogP contribution in [0.15, 0.2) is 18.6 Å². The van der Waals surface area contributed by atoms with Crippen LogP contribution in [0.2, 0.25) is 0 Å². The molecule has 0 bridgehead atoms. The van der Waals surface area contributed by atoms with Crippen molar-refractivity contribution in [2.24, 2.45) is 0 Å². The summed E-state index contributed by atoms with van der Waals surface area (Å²) < 4.78 is 1.87. The summed E-state index contributed by atoms with van der Waals surface area (Å²) in [6, 6.07) is 0. The molecule has 17 heavy (non-hydrogen) atoms. The van der Waals surface area contributed by atoms with Crippen molar-refractivity contribution in [2.75, 3.05) is 38.2 Å². The Hall–Kier alpha value is -1.82. The van der Waals surface area contributed by atoms with Gasteiger partial charge in [0.05, 0.1) is 6.20 Å². The fourth-order valence-corrected chi connectivity index (χ4v) is 1.67. The zero-order valence-corrected chi connectivity index (χ0v) is 10.2. The largest absolute Gasteiger partial charge is 0.382 e. The number of hydrogen-bond acceptors (Lipinski definition) is 5. The monoisotopic (exact) mass is 234 g/mol. The Morgan fingerprint density at radius 1 is 1.47 bits per heavy atom. The van der Waals surface area contributed by atoms with Gasteiger partial charge in [0.25, 0.3) is 0 Å². The second kappa shape index (κ2) is 5.01. The van der Waals surface area contributed by atoms with Crippen LogP contribution in [0.25, 0.3) is 5.65 Å². The van der Waals surface area contributed by atoms with Crippen LogP contribution in [0.5, 0.6) is 0 Å². The van der Waals surface area contributed by atoms with Crippen molar-refractivity contribution in [3.8, 4) is 0 Å². The van der Waals surface area contributed by atoms with Crippen molar-refractivity contribution in [3.63, 3.8) is 0 Å². The van der Waals surface area contributed by atoms with E-state index in [2.05, 4.69) is 34.3 Å². The molecule has 2 aromatic rings. The van der Waals surface area contributed by atoms with Crippen molar-refractivity contribution in [1.82, 2.24) is 19.3 Å². The van der Waals surface area contributed by atoms with Crippen LogP contribution in [0.3, 0.4) is 0 Å². The van der Waals surface area contributed by atoms with Crippen LogP contribution in [-0.2, 0) is 0 Å². The molecule has 0 aliphatic rings. The Kier molecular flexibility index (Phi) is 3.43. The second-order valence-corrected chi connectivity index (χ2v) is 4.26. The molecular weight excluding hydrogens is 216 g/mol. The van der Waals surface area contributed by atoms with E-state index in [1.54, 1.807) is 12.4 Å². The molecule has 6 nitrogen and oxygen atoms in total. The summed E-state index contributed by atoms with van der Waals surface area (Å²) >= 11 is 0. The quantitative estimate of drug-likeness (QED) is 0.744. The predicted octanol–water partition coefficient (Wildman–Crippen LogP) is 0.675. The minimum atomic E-state index is 0.491. The Morgan fingerprint density at radius 2 is 2.29 bits per heavy atom. The zero-order chi connectivity index (χ0) is 12.3. The maximum Gasteiger partial charge on any atom is 0.180 e. The Bertz CT molecular complexity index is 490. The van der Waals surface area contributed by atoms with Crippen molar-refractivity contribution in [1.29, 1.82) is 0 Å². The van der Waals surface area contributed by atoms with E-state index < -0.39 is 0 Å². The van der Waals surface area contributed by atoms with Gasteiger partial charge in [-0.2, -0.15) is 0 Å². The molecule has 2 rings (SSSR count). The molecular formula is C11H18N6. The number of nitrogen functional groups attached to an aromatic ring is 1. The minimum absolute atomic E-state index is 0.491. The van der Waals surface area contributed by atoms with E-state index in [4.69, 9.17) is 5.73 Å². The van der Waals surface area contributed by atoms with Gasteiger partial charge in [-0.25, -0.2) is 9.97 Å². The Morgan fingerprint density at radius 3 is 3.06 bits per heavy atom. The number of fused-ring (bicyclic) bond motifs is 1. The van der Waals surface area contributed by atoms with E-state index >= 15 is 0 Å². The van der Waals surface area contributed by atoms with Gasteiger partial charge in [0.15, 0.2) is 11.5 Å². The lowest BCUT2D eigenvalue weighted by atomic mass is 10.4. The molecule has 92 valence electrons. The number of hydrogen-bond donors (Lipinski definition) is 2. The van der Waals surface area contributed by atoms with E-state index in [1.807, 2.05) is 10.6 Å². The molecule has 2 aromatic heterocycles. The molecule has 0 saturated heterocycles. The maximum absolute atomic E-state index is 5.73. The Balaban J connectivity index is 2.04. The van der Waals surface area contributed by atoms with Crippen LogP contribution in [-0.4, -0.2) is 46.5 Å². The highest BCUT2D eigenvalue weighted by atomic mass is 15.1. The SMILES string of the molecule is CN(C)CCCNc1nc(N)cn2ccnc12. The Labute approximate surface area is 100 Å². The highest BCUT2D eigenvalue weighted by Gasteiger charge is 2.05. The molecule has 0 radical (unpaired) electrons. The molecule has 0 aromatic carbocycles. The molecule has 0 aliphatic carbocycles. The molecule has 0 aliphatic heterocycles. The van der Waals surface area contributed by atoms with Gasteiger partial charge >= 0.3 is 0 Å². The lowest BCUT2D eigenvalue weighted by Gasteiger charge is -2.11. The first-order valence-corrected chi connectivity index (χ1v) is 5.64. The number of anilines is 2. The number of aromatic nitrogens is 3. The van der Waals surface area contributed by atoms with E-state index in [0.29, 0.717) is 5.82 Å². The lowest BCUT2D eigenvalue weighted by molar-refractivity contribution is 0.405. The van der Waals surface area contributed by atoms with Gasteiger partial charge in [-0.15, -0.1) is 0 Å². The summed E-state index contributed by atoms with van der Waals surface area (Å²) in [7, 11) is 4.12. The summed E-state index contributed by atoms with van der Waals surface area (Å²) in [5, 5.41) is 3.27. The summed E-state index contributed by atoms with van der Waals surface area (Å²) in [5.41, 5.74) is 6.54. The van der Waals surface area contributed by atoms with Crippen molar-refractivity contribution in [2.45, 2.75) is 6.42 Å². The van der Waals surface area contributed by atoms with Crippen LogP contribution in [0.1, 0.15) is 6.42 Å². The molecule has 0 saturated carbocycles. The molecule has 0 atom stereocenters. The molecule has 0 amide bonds. The number of nitrogens with one attached hydrogen (secondary N) is 1. The smallest absolute Gasteiger partial charge is 0.180 e. The number of rotatable bonds is 5. The fraction of sp³-hybridized carbons (Fsp3) is 0.455. The second-order valence-electron chi connectivity index (χ2n) is 4.26. The van der Waals surface area contributed by atoms with Crippen LogP contribution >= 0.6 is 0 Å². The molecule has 0 fully saturated rings. The predicted molar refractivity (Wildman–Crippen MR) is 69.1 cm³/mol. The first kappa shape index (κ1) is 11.7. The number of imidazole rings is 1. The lowest BCUT2D eigenvalue weighted by Crippen LogP contribution is -2.17. The number of nitrogens with two attached hydrogens (primary N) is 1. The van der Waals surface area contributed by atoms with E-state index in [-0.39, 0.29) is 0 Å². The molecule has 0 unspecified atom stereocenters. The standard InChI is InChI=1S/C11H18N6/c1-16(2)6-3-4-13-10-11-14-5-7-17(11)8-9(12)15-10/h5,7-8H,3-4,6,12H2,1-2H3,(H,13,15). The van der Waals surface area contributed by atoms with Crippen molar-refractivity contribution >= 4 is 17.3 Å². The van der Waals surface area contributed by atoms with E-state index in [9.17, 15) is 0 Å². The van der Waals surface area contributed by atoms with E-state index in [0.717, 1.165) is 31.0 Å². The van der Waals surface area contributed by atoms with Crippen LogP contribution < -0.4 is 11.1 Å². The third kappa shape index (κ3) is 2.85. The molecule has 2 heterocycles. The third-order valence-corrected chi connectivity index (χ3v) is 2.47. The van der Waals surface area contributed by atoms with Gasteiger partial charge in [0, 0.05) is 18.9 Å². The van der Waals surface area contributed by atoms with E-state index in [1.165, 1.54) is 0 Å². The number of nitrogens with zero attached hydrogens (tertiary/aromatic N) is 4. The highest BCUT2D eigenvalue weighted by Crippen LogP contribution is 2.14. The van der Waals surface area contributed by atoms with Crippen molar-refractivity contribution in [3.05, 3.63) is 18.6 Å². The van der Waals surface area contributed by atoms with Gasteiger partial charge in [0.2, 0.25) is 0 Å². The third-order valence-electron chi connectivity index (χ3n) is 2.47. The van der Waals surface area contributed by atoms with Gasteiger partial charge in [-0.1, -0.05) is 0 Å². The average Bonchev–Trinajstić information content (AvgIpc) is 2.71. The van der Waals surface area contributed by atoms with Gasteiger partial charge in [0.1, 0.15) is 5.82 Å². The first-order valence-electron chi connectivity index (χ1n) is 5.64. The minimum Gasteiger partial charge on any atom is -0.382 e. The first-order chi connectivity index (χ1) is 8.16. The van der Waals surface area contributed by atoms with Gasteiger partial charge < -0.3 is 20.4 Å². The van der Waals surface area contributed by atoms with Crippen LogP contribution in [0.4, 0.5) is 11.6 Å². The van der Waals surface area contributed by atoms with Gasteiger partial charge in [-0.3, -0.25) is 0 Å². The van der Waals surface area contributed by atoms with Crippen LogP contribution in [0, 0.1) is 0 Å². The molecule has 6 heteroatoms. The average molecular weight is 234 g/mol. The summed E-state index contributed by atoms with van der Waals surface area (Å²) in [4.78, 5) is 10.7. The molecule has 3 N–H and O–H groups in total.